The Morgan fingerprint density at radius 3 is 2.77 bits per heavy atom. The topological polar surface area (TPSA) is 0 Å². The molecule has 0 aliphatic carbocycles. The van der Waals surface area contributed by atoms with Gasteiger partial charge in [0.1, 0.15) is 0 Å². The maximum absolute atomic E-state index is 13.0. The number of rotatable bonds is 3. The van der Waals surface area contributed by atoms with E-state index in [9.17, 15) is 8.78 Å². The van der Waals surface area contributed by atoms with Crippen LogP contribution in [-0.4, -0.2) is 0 Å². The molecule has 0 saturated heterocycles. The van der Waals surface area contributed by atoms with Gasteiger partial charge in [-0.05, 0) is 12.5 Å². The fraction of sp³-hybridized carbons (Fsp3) is 0.273. The van der Waals surface area contributed by atoms with Gasteiger partial charge in [0, 0.05) is 5.56 Å². The van der Waals surface area contributed by atoms with Gasteiger partial charge in [-0.3, -0.25) is 0 Å². The van der Waals surface area contributed by atoms with Gasteiger partial charge in [-0.15, -0.1) is 0 Å². The van der Waals surface area contributed by atoms with Crippen molar-refractivity contribution in [2.45, 2.75) is 19.8 Å². The molecule has 0 atom stereocenters. The average molecular weight is 182 g/mol. The molecule has 0 aromatic heterocycles. The van der Waals surface area contributed by atoms with E-state index in [1.165, 1.54) is 6.07 Å². The summed E-state index contributed by atoms with van der Waals surface area (Å²) in [6, 6.07) is 4.18. The van der Waals surface area contributed by atoms with Crippen LogP contribution in [0.15, 0.2) is 24.3 Å². The van der Waals surface area contributed by atoms with Gasteiger partial charge in [-0.25, -0.2) is 8.78 Å². The van der Waals surface area contributed by atoms with Crippen LogP contribution in [0.5, 0.6) is 0 Å². The molecule has 0 N–H and O–H groups in total. The molecular weight excluding hydrogens is 170 g/mol. The van der Waals surface area contributed by atoms with Crippen LogP contribution in [0.4, 0.5) is 8.78 Å². The van der Waals surface area contributed by atoms with Crippen LogP contribution in [0.1, 0.15) is 25.3 Å². The summed E-state index contributed by atoms with van der Waals surface area (Å²) in [4.78, 5) is 0. The highest BCUT2D eigenvalue weighted by molar-refractivity contribution is 5.49. The first-order valence-electron chi connectivity index (χ1n) is 4.36. The van der Waals surface area contributed by atoms with E-state index in [1.54, 1.807) is 12.1 Å². The van der Waals surface area contributed by atoms with Crippen LogP contribution in [0.3, 0.4) is 0 Å². The molecule has 0 spiro atoms. The van der Waals surface area contributed by atoms with Crippen molar-refractivity contribution in [2.24, 2.45) is 0 Å². The third-order valence-electron chi connectivity index (χ3n) is 1.73. The Kier molecular flexibility index (Phi) is 3.62. The van der Waals surface area contributed by atoms with Crippen molar-refractivity contribution in [1.82, 2.24) is 0 Å². The molecule has 0 radical (unpaired) electrons. The Morgan fingerprint density at radius 1 is 1.31 bits per heavy atom. The Labute approximate surface area is 76.9 Å². The SMILES string of the molecule is CCCC=Cc1cccc(F)c1F. The zero-order valence-corrected chi connectivity index (χ0v) is 7.56. The molecule has 1 rings (SSSR count). The molecule has 70 valence electrons. The lowest BCUT2D eigenvalue weighted by molar-refractivity contribution is 0.507. The molecule has 0 heterocycles. The van der Waals surface area contributed by atoms with E-state index in [4.69, 9.17) is 0 Å². The van der Waals surface area contributed by atoms with Gasteiger partial charge >= 0.3 is 0 Å². The maximum atomic E-state index is 13.0. The van der Waals surface area contributed by atoms with Crippen LogP contribution in [0.25, 0.3) is 6.08 Å². The number of hydrogen-bond donors (Lipinski definition) is 0. The van der Waals surface area contributed by atoms with E-state index >= 15 is 0 Å². The molecule has 13 heavy (non-hydrogen) atoms. The molecule has 0 aliphatic rings. The quantitative estimate of drug-likeness (QED) is 0.667. The first-order valence-corrected chi connectivity index (χ1v) is 4.36. The summed E-state index contributed by atoms with van der Waals surface area (Å²) in [7, 11) is 0. The fourth-order valence-electron chi connectivity index (χ4n) is 1.03. The first kappa shape index (κ1) is 9.90. The van der Waals surface area contributed by atoms with Crippen LogP contribution < -0.4 is 0 Å². The van der Waals surface area contributed by atoms with Crippen molar-refractivity contribution in [3.05, 3.63) is 41.5 Å². The second-order valence-electron chi connectivity index (χ2n) is 2.83. The van der Waals surface area contributed by atoms with Gasteiger partial charge in [0.25, 0.3) is 0 Å². The molecule has 0 amide bonds. The number of allylic oxidation sites excluding steroid dienone is 1. The minimum absolute atomic E-state index is 0.313. The van der Waals surface area contributed by atoms with Crippen LogP contribution in [0.2, 0.25) is 0 Å². The monoisotopic (exact) mass is 182 g/mol. The minimum atomic E-state index is -0.793. The molecule has 1 aromatic carbocycles. The lowest BCUT2D eigenvalue weighted by Crippen LogP contribution is -1.86. The standard InChI is InChI=1S/C11H12F2/c1-2-3-4-6-9-7-5-8-10(12)11(9)13/h4-8H,2-3H2,1H3. The summed E-state index contributed by atoms with van der Waals surface area (Å²) in [5.74, 6) is -1.56. The molecular formula is C11H12F2. The van der Waals surface area contributed by atoms with Gasteiger partial charge < -0.3 is 0 Å². The fourth-order valence-corrected chi connectivity index (χ4v) is 1.03. The van der Waals surface area contributed by atoms with E-state index < -0.39 is 11.6 Å². The van der Waals surface area contributed by atoms with Crippen molar-refractivity contribution in [3.8, 4) is 0 Å². The highest BCUT2D eigenvalue weighted by Gasteiger charge is 2.03. The highest BCUT2D eigenvalue weighted by Crippen LogP contribution is 2.13. The predicted molar refractivity (Wildman–Crippen MR) is 50.3 cm³/mol. The number of unbranched alkanes of at least 4 members (excludes halogenated alkanes) is 1. The summed E-state index contributed by atoms with van der Waals surface area (Å²) in [6.07, 6.45) is 5.35. The minimum Gasteiger partial charge on any atom is -0.204 e. The third-order valence-corrected chi connectivity index (χ3v) is 1.73. The zero-order chi connectivity index (χ0) is 9.68. The van der Waals surface area contributed by atoms with Gasteiger partial charge in [-0.1, -0.05) is 37.6 Å². The summed E-state index contributed by atoms with van der Waals surface area (Å²) in [5.41, 5.74) is 0.313. The van der Waals surface area contributed by atoms with Crippen LogP contribution >= 0.6 is 0 Å². The second-order valence-corrected chi connectivity index (χ2v) is 2.83. The van der Waals surface area contributed by atoms with Crippen molar-refractivity contribution in [3.63, 3.8) is 0 Å². The van der Waals surface area contributed by atoms with Crippen molar-refractivity contribution in [1.29, 1.82) is 0 Å². The van der Waals surface area contributed by atoms with Gasteiger partial charge in [0.05, 0.1) is 0 Å². The first-order chi connectivity index (χ1) is 6.25. The summed E-state index contributed by atoms with van der Waals surface area (Å²) >= 11 is 0. The van der Waals surface area contributed by atoms with Crippen molar-refractivity contribution < 1.29 is 8.78 Å². The smallest absolute Gasteiger partial charge is 0.166 e. The normalized spacial score (nSPS) is 11.0. The summed E-state index contributed by atoms with van der Waals surface area (Å²) < 4.78 is 25.7. The third kappa shape index (κ3) is 2.65. The lowest BCUT2D eigenvalue weighted by Gasteiger charge is -1.96. The molecule has 0 nitrogen and oxygen atoms in total. The van der Waals surface area contributed by atoms with Gasteiger partial charge in [0.2, 0.25) is 0 Å². The zero-order valence-electron chi connectivity index (χ0n) is 7.56. The highest BCUT2D eigenvalue weighted by atomic mass is 19.2. The summed E-state index contributed by atoms with van der Waals surface area (Å²) in [6.45, 7) is 2.03. The number of benzene rings is 1. The second kappa shape index (κ2) is 4.75. The van der Waals surface area contributed by atoms with Gasteiger partial charge in [0.15, 0.2) is 11.6 Å². The van der Waals surface area contributed by atoms with Crippen LogP contribution in [-0.2, 0) is 0 Å². The van der Waals surface area contributed by atoms with Gasteiger partial charge in [-0.2, -0.15) is 0 Å². The molecule has 0 saturated carbocycles. The molecule has 2 heteroatoms. The van der Waals surface area contributed by atoms with E-state index in [0.717, 1.165) is 18.9 Å². The van der Waals surface area contributed by atoms with E-state index in [-0.39, 0.29) is 0 Å². The Morgan fingerprint density at radius 2 is 2.08 bits per heavy atom. The van der Waals surface area contributed by atoms with Crippen molar-refractivity contribution in [2.75, 3.05) is 0 Å². The Balaban J connectivity index is 2.83. The molecule has 1 aromatic rings. The summed E-state index contributed by atoms with van der Waals surface area (Å²) in [5, 5.41) is 0. The number of halogens is 2. The van der Waals surface area contributed by atoms with E-state index in [1.807, 2.05) is 13.0 Å². The Hall–Kier alpha value is -1.18. The number of hydrogen-bond acceptors (Lipinski definition) is 0. The Bertz CT molecular complexity index is 303. The molecule has 0 bridgehead atoms. The lowest BCUT2D eigenvalue weighted by atomic mass is 10.1. The maximum Gasteiger partial charge on any atom is 0.166 e. The van der Waals surface area contributed by atoms with Crippen LogP contribution in [0, 0.1) is 11.6 Å². The largest absolute Gasteiger partial charge is 0.204 e. The average Bonchev–Trinajstić information content (AvgIpc) is 2.13. The molecule has 0 unspecified atom stereocenters. The van der Waals surface area contributed by atoms with E-state index in [0.29, 0.717) is 5.56 Å². The predicted octanol–water partition coefficient (Wildman–Crippen LogP) is 3.78. The molecule has 0 aliphatic heterocycles. The van der Waals surface area contributed by atoms with Crippen molar-refractivity contribution >= 4 is 6.08 Å². The molecule has 0 fully saturated rings. The van der Waals surface area contributed by atoms with E-state index in [2.05, 4.69) is 0 Å².